The van der Waals surface area contributed by atoms with Gasteiger partial charge in [0.15, 0.2) is 0 Å². The molecule has 188 valence electrons. The molecule has 0 spiro atoms. The molecule has 2 heterocycles. The number of thiazole rings is 1. The monoisotopic (exact) mass is 512 g/mol. The molecule has 2 amide bonds. The number of piperidine rings is 1. The van der Waals surface area contributed by atoms with Gasteiger partial charge in [-0.2, -0.15) is 0 Å². The molecule has 4 rings (SSSR count). The van der Waals surface area contributed by atoms with Crippen LogP contribution in [0.15, 0.2) is 47.8 Å². The lowest BCUT2D eigenvalue weighted by atomic mass is 9.97. The van der Waals surface area contributed by atoms with Crippen molar-refractivity contribution in [2.75, 3.05) is 31.6 Å². The van der Waals surface area contributed by atoms with Gasteiger partial charge in [-0.25, -0.2) is 9.37 Å². The number of carbonyl (C=O) groups excluding carboxylic acids is 2. The van der Waals surface area contributed by atoms with E-state index in [9.17, 15) is 24.1 Å². The molecule has 1 N–H and O–H groups in total. The maximum absolute atomic E-state index is 13.4. The molecule has 0 aliphatic carbocycles. The van der Waals surface area contributed by atoms with Gasteiger partial charge in [0, 0.05) is 36.1 Å². The highest BCUT2D eigenvalue weighted by Gasteiger charge is 2.27. The Balaban J connectivity index is 1.24. The van der Waals surface area contributed by atoms with Crippen molar-refractivity contribution >= 4 is 34.5 Å². The molecular weight excluding hydrogens is 487 g/mol. The Kier molecular flexibility index (Phi) is 8.01. The van der Waals surface area contributed by atoms with Gasteiger partial charge in [0.25, 0.3) is 5.69 Å². The van der Waals surface area contributed by atoms with E-state index in [1.165, 1.54) is 29.5 Å². The highest BCUT2D eigenvalue weighted by Crippen LogP contribution is 2.35. The lowest BCUT2D eigenvalue weighted by Gasteiger charge is -2.31. The van der Waals surface area contributed by atoms with Gasteiger partial charge in [-0.3, -0.25) is 19.7 Å². The first-order chi connectivity index (χ1) is 17.3. The molecule has 0 saturated carbocycles. The molecule has 1 aliphatic heterocycles. The van der Waals surface area contributed by atoms with Gasteiger partial charge in [-0.15, -0.1) is 11.3 Å². The molecule has 0 atom stereocenters. The van der Waals surface area contributed by atoms with Gasteiger partial charge >= 0.3 is 0 Å². The number of nitrogens with zero attached hydrogens (tertiary/aromatic N) is 3. The number of hydrogen-bond acceptors (Lipinski definition) is 7. The zero-order valence-electron chi connectivity index (χ0n) is 19.6. The average molecular weight is 513 g/mol. The maximum atomic E-state index is 13.4. The molecule has 1 aromatic heterocycles. The summed E-state index contributed by atoms with van der Waals surface area (Å²) < 4.78 is 18.6. The molecule has 3 aromatic rings. The number of amides is 2. The van der Waals surface area contributed by atoms with Crippen molar-refractivity contribution in [2.45, 2.75) is 25.7 Å². The summed E-state index contributed by atoms with van der Waals surface area (Å²) in [5.41, 5.74) is 2.18. The van der Waals surface area contributed by atoms with E-state index in [4.69, 9.17) is 4.74 Å². The Morgan fingerprint density at radius 3 is 2.72 bits per heavy atom. The van der Waals surface area contributed by atoms with E-state index in [-0.39, 0.29) is 30.7 Å². The molecule has 36 heavy (non-hydrogen) atoms. The summed E-state index contributed by atoms with van der Waals surface area (Å²) in [6.45, 7) is 2.27. The lowest BCUT2D eigenvalue weighted by molar-refractivity contribution is -0.384. The number of nitro groups is 1. The van der Waals surface area contributed by atoms with Crippen molar-refractivity contribution in [3.8, 4) is 11.3 Å². The van der Waals surface area contributed by atoms with Crippen molar-refractivity contribution < 1.29 is 23.6 Å². The minimum absolute atomic E-state index is 0.0227. The third-order valence-electron chi connectivity index (χ3n) is 6.03. The van der Waals surface area contributed by atoms with E-state index in [1.807, 2.05) is 5.38 Å². The number of anilines is 1. The second kappa shape index (κ2) is 11.4. The predicted molar refractivity (Wildman–Crippen MR) is 133 cm³/mol. The van der Waals surface area contributed by atoms with Crippen molar-refractivity contribution in [1.82, 2.24) is 9.88 Å². The molecule has 9 nitrogen and oxygen atoms in total. The molecular formula is C25H25FN4O5S. The number of carbonyl (C=O) groups is 2. The summed E-state index contributed by atoms with van der Waals surface area (Å²) in [5, 5.41) is 16.6. The number of nitro benzene ring substituents is 1. The summed E-state index contributed by atoms with van der Waals surface area (Å²) in [4.78, 5) is 41.8. The molecule has 1 aliphatic rings. The van der Waals surface area contributed by atoms with Gasteiger partial charge in [-0.05, 0) is 43.5 Å². The first-order valence-electron chi connectivity index (χ1n) is 11.4. The fourth-order valence-corrected chi connectivity index (χ4v) is 5.05. The Hall–Kier alpha value is -3.70. The molecule has 1 saturated heterocycles. The molecule has 0 unspecified atom stereocenters. The Morgan fingerprint density at radius 2 is 1.97 bits per heavy atom. The Bertz CT molecular complexity index is 1270. The molecule has 2 aromatic carbocycles. The van der Waals surface area contributed by atoms with E-state index < -0.39 is 16.6 Å². The highest BCUT2D eigenvalue weighted by atomic mass is 32.1. The third-order valence-corrected chi connectivity index (χ3v) is 7.04. The Morgan fingerprint density at radius 1 is 1.22 bits per heavy atom. The van der Waals surface area contributed by atoms with Crippen LogP contribution < -0.4 is 5.32 Å². The first kappa shape index (κ1) is 25.4. The van der Waals surface area contributed by atoms with Gasteiger partial charge in [0.2, 0.25) is 11.8 Å². The third kappa shape index (κ3) is 6.10. The predicted octanol–water partition coefficient (Wildman–Crippen LogP) is 4.53. The van der Waals surface area contributed by atoms with Crippen LogP contribution in [0.3, 0.4) is 0 Å². The number of para-hydroxylation sites is 1. The fraction of sp³-hybridized carbons (Fsp3) is 0.320. The van der Waals surface area contributed by atoms with Crippen LogP contribution >= 0.6 is 11.3 Å². The van der Waals surface area contributed by atoms with Crippen LogP contribution in [-0.2, 0) is 14.3 Å². The quantitative estimate of drug-likeness (QED) is 0.350. The number of nitrogens with one attached hydrogen (secondary N) is 1. The zero-order valence-corrected chi connectivity index (χ0v) is 20.4. The number of rotatable bonds is 8. The normalized spacial score (nSPS) is 14.0. The summed E-state index contributed by atoms with van der Waals surface area (Å²) in [6.07, 6.45) is 1.43. The molecule has 1 fully saturated rings. The van der Waals surface area contributed by atoms with E-state index in [0.717, 1.165) is 23.4 Å². The summed E-state index contributed by atoms with van der Waals surface area (Å²) in [6, 6.07) is 10.6. The van der Waals surface area contributed by atoms with E-state index >= 15 is 0 Å². The van der Waals surface area contributed by atoms with Gasteiger partial charge in [0.1, 0.15) is 19.0 Å². The fourth-order valence-electron chi connectivity index (χ4n) is 4.06. The minimum atomic E-state index is -0.464. The van der Waals surface area contributed by atoms with E-state index in [0.29, 0.717) is 30.0 Å². The number of ether oxygens (including phenoxy) is 1. The van der Waals surface area contributed by atoms with Crippen LogP contribution in [0.25, 0.3) is 11.3 Å². The number of halogens is 1. The second-order valence-corrected chi connectivity index (χ2v) is 9.39. The molecule has 0 radical (unpaired) electrons. The number of benzene rings is 2. The summed E-state index contributed by atoms with van der Waals surface area (Å²) in [7, 11) is 0. The topological polar surface area (TPSA) is 115 Å². The molecule has 0 bridgehead atoms. The number of likely N-dealkylation sites (tertiary alicyclic amines) is 1. The van der Waals surface area contributed by atoms with Crippen LogP contribution in [0, 0.1) is 22.9 Å². The van der Waals surface area contributed by atoms with Crippen LogP contribution in [0.2, 0.25) is 0 Å². The van der Waals surface area contributed by atoms with Crippen molar-refractivity contribution in [2.24, 2.45) is 0 Å². The second-order valence-electron chi connectivity index (χ2n) is 8.50. The van der Waals surface area contributed by atoms with Crippen LogP contribution in [0.1, 0.15) is 29.3 Å². The Labute approximate surface area is 211 Å². The van der Waals surface area contributed by atoms with E-state index in [1.54, 1.807) is 36.1 Å². The van der Waals surface area contributed by atoms with Gasteiger partial charge in [-0.1, -0.05) is 18.2 Å². The molecule has 11 heteroatoms. The zero-order chi connectivity index (χ0) is 25.7. The standard InChI is InChI=1S/C25H25FN4O5S/c1-16-6-7-18(26)12-20(16)27-23(31)13-35-14-24(32)29-10-8-17(9-11-29)25-28-21(15-36-25)19-4-2-3-5-22(19)30(33)34/h2-7,12,15,17H,8-11,13-14H2,1H3,(H,27,31). The smallest absolute Gasteiger partial charge is 0.278 e. The SMILES string of the molecule is Cc1ccc(F)cc1NC(=O)COCC(=O)N1CCC(c2nc(-c3ccccc3[N+](=O)[O-])cs2)CC1. The maximum Gasteiger partial charge on any atom is 0.278 e. The lowest BCUT2D eigenvalue weighted by Crippen LogP contribution is -2.40. The van der Waals surface area contributed by atoms with Gasteiger partial charge < -0.3 is 15.0 Å². The van der Waals surface area contributed by atoms with E-state index in [2.05, 4.69) is 10.3 Å². The largest absolute Gasteiger partial charge is 0.362 e. The average Bonchev–Trinajstić information content (AvgIpc) is 3.36. The summed E-state index contributed by atoms with van der Waals surface area (Å²) in [5.74, 6) is -0.959. The number of hydrogen-bond donors (Lipinski definition) is 1. The van der Waals surface area contributed by atoms with Crippen molar-refractivity contribution in [1.29, 1.82) is 0 Å². The van der Waals surface area contributed by atoms with Crippen LogP contribution in [-0.4, -0.2) is 52.9 Å². The van der Waals surface area contributed by atoms with Crippen molar-refractivity contribution in [3.63, 3.8) is 0 Å². The number of aromatic nitrogens is 1. The van der Waals surface area contributed by atoms with Crippen molar-refractivity contribution in [3.05, 3.63) is 74.3 Å². The van der Waals surface area contributed by atoms with Gasteiger partial charge in [0.05, 0.1) is 21.2 Å². The van der Waals surface area contributed by atoms with Crippen LogP contribution in [0.5, 0.6) is 0 Å². The first-order valence-corrected chi connectivity index (χ1v) is 12.3. The highest BCUT2D eigenvalue weighted by molar-refractivity contribution is 7.10. The number of aryl methyl sites for hydroxylation is 1. The minimum Gasteiger partial charge on any atom is -0.362 e. The van der Waals surface area contributed by atoms with Crippen LogP contribution in [0.4, 0.5) is 15.8 Å². The summed E-state index contributed by atoms with van der Waals surface area (Å²) >= 11 is 1.47.